The van der Waals surface area contributed by atoms with Crippen LogP contribution in [0.25, 0.3) is 0 Å². The first-order chi connectivity index (χ1) is 14.5. The molecule has 5 N–H and O–H groups in total. The van der Waals surface area contributed by atoms with Gasteiger partial charge in [0.2, 0.25) is 11.8 Å². The number of rotatable bonds is 16. The lowest BCUT2D eigenvalue weighted by Gasteiger charge is -2.14. The third-order valence-corrected chi connectivity index (χ3v) is 4.94. The number of hydrogen-bond donors (Lipinski definition) is 5. The third-order valence-electron chi connectivity index (χ3n) is 4.94. The highest BCUT2D eigenvalue weighted by molar-refractivity contribution is 5.75. The van der Waals surface area contributed by atoms with Crippen LogP contribution in [-0.4, -0.2) is 16.9 Å². The first-order valence-electron chi connectivity index (χ1n) is 11.3. The van der Waals surface area contributed by atoms with Gasteiger partial charge < -0.3 is 5.11 Å². The van der Waals surface area contributed by atoms with Crippen LogP contribution in [0.2, 0.25) is 0 Å². The monoisotopic (exact) mass is 420 g/mol. The normalized spacial score (nSPS) is 10.8. The Morgan fingerprint density at radius 1 is 0.767 bits per heavy atom. The van der Waals surface area contributed by atoms with Crippen molar-refractivity contribution in [2.75, 3.05) is 0 Å². The van der Waals surface area contributed by atoms with E-state index in [4.69, 9.17) is 0 Å². The number of hydrazine groups is 2. The molecule has 0 heterocycles. The van der Waals surface area contributed by atoms with E-state index in [9.17, 15) is 14.7 Å². The van der Waals surface area contributed by atoms with Crippen molar-refractivity contribution in [2.45, 2.75) is 98.1 Å². The second kappa shape index (κ2) is 15.7. The summed E-state index contributed by atoms with van der Waals surface area (Å²) in [4.78, 5) is 23.7. The first kappa shape index (κ1) is 25.9. The van der Waals surface area contributed by atoms with Gasteiger partial charge in [0.05, 0.1) is 0 Å². The molecule has 0 aliphatic carbocycles. The van der Waals surface area contributed by atoms with Crippen molar-refractivity contribution >= 4 is 11.8 Å². The van der Waals surface area contributed by atoms with Crippen molar-refractivity contribution in [1.82, 2.24) is 21.7 Å². The Morgan fingerprint density at radius 3 is 1.60 bits per heavy atom. The summed E-state index contributed by atoms with van der Waals surface area (Å²) in [5, 5.41) is 10.5. The zero-order chi connectivity index (χ0) is 22.2. The first-order valence-corrected chi connectivity index (χ1v) is 11.3. The van der Waals surface area contributed by atoms with E-state index in [1.54, 1.807) is 0 Å². The molecule has 0 unspecified atom stereocenters. The molecule has 0 spiro atoms. The summed E-state index contributed by atoms with van der Waals surface area (Å²) in [5.41, 5.74) is 13.6. The SMILES string of the molecule is CCCCCCC(=O)NNCc1cc(C)cc(CNNC(=O)CCCCCC)c1O. The number of nitrogens with one attached hydrogen (secondary N) is 4. The molecule has 0 aromatic heterocycles. The van der Waals surface area contributed by atoms with E-state index < -0.39 is 0 Å². The Bertz CT molecular complexity index is 598. The number of carbonyl (C=O) groups is 2. The standard InChI is InChI=1S/C23H40N4O3/c1-4-6-8-10-12-21(28)26-24-16-19-14-18(3)15-20(23(19)30)17-25-27-22(29)13-11-9-7-5-2/h14-15,24-25,30H,4-13,16-17H2,1-3H3,(H,26,28)(H,27,29). The van der Waals surface area contributed by atoms with E-state index in [0.29, 0.717) is 37.1 Å². The molecular weight excluding hydrogens is 380 g/mol. The van der Waals surface area contributed by atoms with Crippen LogP contribution in [0.3, 0.4) is 0 Å². The average Bonchev–Trinajstić information content (AvgIpc) is 2.71. The van der Waals surface area contributed by atoms with E-state index >= 15 is 0 Å². The van der Waals surface area contributed by atoms with Crippen molar-refractivity contribution in [1.29, 1.82) is 0 Å². The van der Waals surface area contributed by atoms with E-state index in [0.717, 1.165) is 56.9 Å². The molecule has 1 aromatic carbocycles. The Balaban J connectivity index is 2.41. The largest absolute Gasteiger partial charge is 0.507 e. The lowest BCUT2D eigenvalue weighted by Crippen LogP contribution is -2.37. The Labute approximate surface area is 181 Å². The van der Waals surface area contributed by atoms with Gasteiger partial charge in [0.25, 0.3) is 0 Å². The summed E-state index contributed by atoms with van der Waals surface area (Å²) in [5.74, 6) is 0.0820. The number of carbonyl (C=O) groups excluding carboxylic acids is 2. The zero-order valence-corrected chi connectivity index (χ0v) is 18.9. The van der Waals surface area contributed by atoms with Gasteiger partial charge >= 0.3 is 0 Å². The van der Waals surface area contributed by atoms with Crippen LogP contribution < -0.4 is 21.7 Å². The maximum Gasteiger partial charge on any atom is 0.234 e. The quantitative estimate of drug-likeness (QED) is 0.206. The molecule has 30 heavy (non-hydrogen) atoms. The van der Waals surface area contributed by atoms with Gasteiger partial charge in [0, 0.05) is 37.1 Å². The van der Waals surface area contributed by atoms with Gasteiger partial charge in [-0.2, -0.15) is 0 Å². The number of hydrogen-bond acceptors (Lipinski definition) is 5. The summed E-state index contributed by atoms with van der Waals surface area (Å²) in [6.07, 6.45) is 9.48. The third kappa shape index (κ3) is 11.2. The lowest BCUT2D eigenvalue weighted by molar-refractivity contribution is -0.123. The molecule has 7 heteroatoms. The number of aryl methyl sites for hydroxylation is 1. The fourth-order valence-corrected chi connectivity index (χ4v) is 3.23. The summed E-state index contributed by atoms with van der Waals surface area (Å²) >= 11 is 0. The predicted molar refractivity (Wildman–Crippen MR) is 120 cm³/mol. The summed E-state index contributed by atoms with van der Waals surface area (Å²) in [7, 11) is 0. The molecule has 170 valence electrons. The van der Waals surface area contributed by atoms with E-state index in [1.807, 2.05) is 19.1 Å². The Hall–Kier alpha value is -2.12. The fourth-order valence-electron chi connectivity index (χ4n) is 3.23. The summed E-state index contributed by atoms with van der Waals surface area (Å²) in [6, 6.07) is 3.76. The summed E-state index contributed by atoms with van der Waals surface area (Å²) < 4.78 is 0. The van der Waals surface area contributed by atoms with Crippen LogP contribution in [0, 0.1) is 6.92 Å². The molecule has 1 aromatic rings. The van der Waals surface area contributed by atoms with Crippen molar-refractivity contribution in [3.63, 3.8) is 0 Å². The number of benzene rings is 1. The molecule has 0 atom stereocenters. The predicted octanol–water partition coefficient (Wildman–Crippen LogP) is 3.88. The van der Waals surface area contributed by atoms with Crippen molar-refractivity contribution in [2.24, 2.45) is 0 Å². The van der Waals surface area contributed by atoms with Crippen LogP contribution in [0.1, 0.15) is 94.7 Å². The van der Waals surface area contributed by atoms with Gasteiger partial charge in [0.1, 0.15) is 5.75 Å². The minimum absolute atomic E-state index is 0.0400. The van der Waals surface area contributed by atoms with E-state index in [2.05, 4.69) is 35.6 Å². The van der Waals surface area contributed by atoms with Gasteiger partial charge in [-0.25, -0.2) is 10.9 Å². The van der Waals surface area contributed by atoms with Crippen LogP contribution in [0.5, 0.6) is 5.75 Å². The molecule has 0 radical (unpaired) electrons. The topological polar surface area (TPSA) is 102 Å². The Kier molecular flexibility index (Phi) is 13.5. The molecule has 0 aliphatic rings. The Morgan fingerprint density at radius 2 is 1.20 bits per heavy atom. The highest BCUT2D eigenvalue weighted by Gasteiger charge is 2.10. The van der Waals surface area contributed by atoms with Crippen molar-refractivity contribution in [3.05, 3.63) is 28.8 Å². The fraction of sp³-hybridized carbons (Fsp3) is 0.652. The van der Waals surface area contributed by atoms with Crippen LogP contribution in [0.15, 0.2) is 12.1 Å². The van der Waals surface area contributed by atoms with Crippen LogP contribution in [0.4, 0.5) is 0 Å². The summed E-state index contributed by atoms with van der Waals surface area (Å²) in [6.45, 7) is 6.88. The second-order valence-electron chi connectivity index (χ2n) is 7.86. The lowest BCUT2D eigenvalue weighted by atomic mass is 10.0. The van der Waals surface area contributed by atoms with Gasteiger partial charge in [-0.1, -0.05) is 70.1 Å². The van der Waals surface area contributed by atoms with E-state index in [-0.39, 0.29) is 17.6 Å². The van der Waals surface area contributed by atoms with Crippen molar-refractivity contribution < 1.29 is 14.7 Å². The molecule has 0 bridgehead atoms. The number of aromatic hydroxyl groups is 1. The highest BCUT2D eigenvalue weighted by atomic mass is 16.3. The maximum atomic E-state index is 11.8. The second-order valence-corrected chi connectivity index (χ2v) is 7.86. The van der Waals surface area contributed by atoms with Gasteiger partial charge in [-0.05, 0) is 19.8 Å². The van der Waals surface area contributed by atoms with Gasteiger partial charge in [0.15, 0.2) is 0 Å². The highest BCUT2D eigenvalue weighted by Crippen LogP contribution is 2.24. The molecule has 0 fully saturated rings. The zero-order valence-electron chi connectivity index (χ0n) is 18.9. The number of unbranched alkanes of at least 4 members (excludes halogenated alkanes) is 6. The molecule has 0 saturated carbocycles. The van der Waals surface area contributed by atoms with Gasteiger partial charge in [-0.3, -0.25) is 20.4 Å². The average molecular weight is 421 g/mol. The minimum Gasteiger partial charge on any atom is -0.507 e. The molecule has 1 rings (SSSR count). The molecular formula is C23H40N4O3. The van der Waals surface area contributed by atoms with E-state index in [1.165, 1.54) is 0 Å². The van der Waals surface area contributed by atoms with Crippen LogP contribution >= 0.6 is 0 Å². The molecule has 2 amide bonds. The smallest absolute Gasteiger partial charge is 0.234 e. The van der Waals surface area contributed by atoms with Crippen LogP contribution in [-0.2, 0) is 22.7 Å². The number of amides is 2. The molecule has 0 aliphatic heterocycles. The number of phenols is 1. The number of phenolic OH excluding ortho intramolecular Hbond substituents is 1. The van der Waals surface area contributed by atoms with Gasteiger partial charge in [-0.15, -0.1) is 0 Å². The van der Waals surface area contributed by atoms with Crippen molar-refractivity contribution in [3.8, 4) is 5.75 Å². The molecule has 7 nitrogen and oxygen atoms in total. The minimum atomic E-state index is -0.0400. The maximum absolute atomic E-state index is 11.8. The molecule has 0 saturated heterocycles.